The number of halogens is 5. The van der Waals surface area contributed by atoms with Gasteiger partial charge >= 0.3 is 6.55 Å². The molecule has 0 saturated heterocycles. The predicted molar refractivity (Wildman–Crippen MR) is 158 cm³/mol. The largest absolute Gasteiger partial charge is 0.495 e. The van der Waals surface area contributed by atoms with Gasteiger partial charge in [-0.1, -0.05) is 0 Å². The maximum atomic E-state index is 15.3. The van der Waals surface area contributed by atoms with Gasteiger partial charge in [0.15, 0.2) is 0 Å². The van der Waals surface area contributed by atoms with Crippen molar-refractivity contribution in [3.63, 3.8) is 0 Å². The number of hydrogen-bond donors (Lipinski definition) is 3. The number of nitrogen functional groups attached to an aromatic ring is 1. The van der Waals surface area contributed by atoms with Crippen LogP contribution in [0.5, 0.6) is 11.5 Å². The molecule has 2 heterocycles. The number of hydrogen-bond acceptors (Lipinski definition) is 7. The Hall–Kier alpha value is -4.20. The number of amides is 2. The third kappa shape index (κ3) is 5.82. The molecule has 3 aromatic rings. The van der Waals surface area contributed by atoms with Crippen molar-refractivity contribution in [1.29, 1.82) is 0 Å². The van der Waals surface area contributed by atoms with Crippen LogP contribution in [0.2, 0.25) is 0 Å². The highest BCUT2D eigenvalue weighted by molar-refractivity contribution is 9.10. The second kappa shape index (κ2) is 12.1. The summed E-state index contributed by atoms with van der Waals surface area (Å²) in [6, 6.07) is 6.72. The Balaban J connectivity index is 1.53. The Morgan fingerprint density at radius 2 is 2.00 bits per heavy atom. The zero-order valence-corrected chi connectivity index (χ0v) is 25.2. The number of nitrogens with zero attached hydrogens (tertiary/aromatic N) is 2. The van der Waals surface area contributed by atoms with Crippen LogP contribution in [0.15, 0.2) is 39.8 Å². The zero-order valence-electron chi connectivity index (χ0n) is 23.6. The molecule has 1 aliphatic carbocycles. The van der Waals surface area contributed by atoms with Crippen molar-refractivity contribution in [2.24, 2.45) is 16.6 Å². The molecule has 2 aromatic carbocycles. The van der Waals surface area contributed by atoms with E-state index in [2.05, 4.69) is 26.2 Å². The van der Waals surface area contributed by atoms with Gasteiger partial charge in [-0.2, -0.15) is 8.78 Å². The van der Waals surface area contributed by atoms with E-state index in [1.807, 2.05) is 0 Å². The molecule has 1 saturated carbocycles. The molecule has 0 bridgehead atoms. The molecule has 0 spiro atoms. The number of nitrogens with one attached hydrogen (secondary N) is 1. The first-order valence-corrected chi connectivity index (χ1v) is 14.3. The number of aromatic nitrogens is 1. The number of anilines is 1. The number of alkyl halides is 2. The second-order valence-corrected chi connectivity index (χ2v) is 11.7. The summed E-state index contributed by atoms with van der Waals surface area (Å²) >= 11 is 2.93. The maximum Gasteiger partial charge on any atom is 0.331 e. The fourth-order valence-electron chi connectivity index (χ4n) is 5.20. The number of aliphatic imine (C=N–C) groups is 1. The summed E-state index contributed by atoms with van der Waals surface area (Å²) in [5.74, 6) is -2.89. The van der Waals surface area contributed by atoms with Gasteiger partial charge in [-0.05, 0) is 71.9 Å². The minimum Gasteiger partial charge on any atom is -0.495 e. The van der Waals surface area contributed by atoms with Crippen LogP contribution in [0.25, 0.3) is 11.3 Å². The number of pyridine rings is 1. The van der Waals surface area contributed by atoms with Crippen LogP contribution in [0.1, 0.15) is 52.9 Å². The van der Waals surface area contributed by atoms with Crippen molar-refractivity contribution in [3.8, 4) is 22.8 Å². The highest BCUT2D eigenvalue weighted by Gasteiger charge is 2.45. The van der Waals surface area contributed by atoms with E-state index < -0.39 is 35.4 Å². The average molecular weight is 678 g/mol. The van der Waals surface area contributed by atoms with Crippen molar-refractivity contribution >= 4 is 39.6 Å². The normalized spacial score (nSPS) is 18.3. The molecular weight excluding hydrogens is 650 g/mol. The van der Waals surface area contributed by atoms with Gasteiger partial charge in [0.1, 0.15) is 40.8 Å². The summed E-state index contributed by atoms with van der Waals surface area (Å²) < 4.78 is 65.5. The predicted octanol–water partition coefficient (Wildman–Crippen LogP) is 5.08. The molecule has 9 nitrogen and oxygen atoms in total. The third-order valence-corrected chi connectivity index (χ3v) is 8.69. The number of ether oxygens (including phenoxy) is 2. The van der Waals surface area contributed by atoms with E-state index in [-0.39, 0.29) is 69.0 Å². The molecule has 44 heavy (non-hydrogen) atoms. The van der Waals surface area contributed by atoms with Crippen LogP contribution in [0.3, 0.4) is 0 Å². The van der Waals surface area contributed by atoms with Gasteiger partial charge in [-0.15, -0.1) is 0 Å². The van der Waals surface area contributed by atoms with E-state index in [0.717, 1.165) is 25.1 Å². The minimum atomic E-state index is -2.96. The molecular formula is C30H28BrF4N5O4. The van der Waals surface area contributed by atoms with Gasteiger partial charge in [0.25, 0.3) is 5.91 Å². The molecule has 0 unspecified atom stereocenters. The molecule has 2 amide bonds. The number of carbonyl (C=O) groups is 2. The number of nitrogens with two attached hydrogens (primary N) is 2. The van der Waals surface area contributed by atoms with Gasteiger partial charge in [-0.25, -0.2) is 18.8 Å². The van der Waals surface area contributed by atoms with E-state index in [4.69, 9.17) is 25.9 Å². The first kappa shape index (κ1) is 31.2. The summed E-state index contributed by atoms with van der Waals surface area (Å²) in [6.07, 6.45) is 2.53. The van der Waals surface area contributed by atoms with Gasteiger partial charge in [0.2, 0.25) is 5.91 Å². The average Bonchev–Trinajstić information content (AvgIpc) is 3.77. The fourth-order valence-corrected chi connectivity index (χ4v) is 5.54. The Bertz CT molecular complexity index is 1680. The summed E-state index contributed by atoms with van der Waals surface area (Å²) in [4.78, 5) is 33.6. The Labute approximate surface area is 258 Å². The van der Waals surface area contributed by atoms with Crippen LogP contribution < -0.4 is 26.3 Å². The van der Waals surface area contributed by atoms with Crippen LogP contribution in [0.4, 0.5) is 23.2 Å². The molecule has 1 aliphatic heterocycles. The molecule has 232 valence electrons. The highest BCUT2D eigenvalue weighted by atomic mass is 79.9. The molecule has 14 heteroatoms. The number of fused-ring (bicyclic) bond motifs is 1. The molecule has 2 aliphatic rings. The Morgan fingerprint density at radius 1 is 1.27 bits per heavy atom. The maximum absolute atomic E-state index is 15.3. The number of methoxy groups -OCH3 is 1. The monoisotopic (exact) mass is 677 g/mol. The molecule has 1 aromatic heterocycles. The number of primary amides is 1. The third-order valence-electron chi connectivity index (χ3n) is 7.96. The van der Waals surface area contributed by atoms with Crippen molar-refractivity contribution < 1.29 is 36.6 Å². The lowest BCUT2D eigenvalue weighted by atomic mass is 9.82. The van der Waals surface area contributed by atoms with Crippen molar-refractivity contribution in [3.05, 3.63) is 68.8 Å². The van der Waals surface area contributed by atoms with E-state index in [9.17, 15) is 22.8 Å². The first-order chi connectivity index (χ1) is 20.8. The fraction of sp³-hybridized carbons (Fsp3) is 0.333. The molecule has 5 N–H and O–H groups in total. The van der Waals surface area contributed by atoms with Crippen LogP contribution in [-0.2, 0) is 10.2 Å². The zero-order chi connectivity index (χ0) is 31.9. The second-order valence-electron chi connectivity index (χ2n) is 10.9. The van der Waals surface area contributed by atoms with Gasteiger partial charge in [0, 0.05) is 46.6 Å². The number of carbonyl (C=O) groups excluding carboxylic acids is 2. The van der Waals surface area contributed by atoms with Crippen LogP contribution in [-0.4, -0.2) is 49.8 Å². The van der Waals surface area contributed by atoms with E-state index in [1.165, 1.54) is 25.3 Å². The SMILES string of the molecule is COc1cc(C(=O)NC[C@H](c2cc3c(c(-c4ccc(F)c(Br)c4F)n2)OC[C@]3(C)C(N)=O)C2CC2)cc(C=NC(F)F)c1N. The topological polar surface area (TPSA) is 142 Å². The standard InChI is InChI=1S/C30H28BrF4N5O4/c1-30(28(37)42)12-44-26-18(30)9-20(40-25(26)16-5-6-19(32)22(31)23(16)33)17(13-3-4-13)11-38-27(41)14-7-15(10-39-29(34)35)24(36)21(8-14)43-2/h5-10,13,17,29H,3-4,11-12,36H2,1-2H3,(H2,37,42)(H,38,41)/t17-,30-/m0/s1. The summed E-state index contributed by atoms with van der Waals surface area (Å²) in [6.45, 7) is -1.36. The van der Waals surface area contributed by atoms with Crippen molar-refractivity contribution in [2.45, 2.75) is 37.6 Å². The number of benzene rings is 2. The summed E-state index contributed by atoms with van der Waals surface area (Å²) in [5, 5.41) is 2.86. The van der Waals surface area contributed by atoms with E-state index in [1.54, 1.807) is 13.0 Å². The smallest absolute Gasteiger partial charge is 0.331 e. The van der Waals surface area contributed by atoms with Crippen molar-refractivity contribution in [1.82, 2.24) is 10.3 Å². The Morgan fingerprint density at radius 3 is 2.64 bits per heavy atom. The summed E-state index contributed by atoms with van der Waals surface area (Å²) in [7, 11) is 1.33. The molecule has 5 rings (SSSR count). The van der Waals surface area contributed by atoms with Crippen LogP contribution >= 0.6 is 15.9 Å². The van der Waals surface area contributed by atoms with Crippen LogP contribution in [0, 0.1) is 17.6 Å². The summed E-state index contributed by atoms with van der Waals surface area (Å²) in [5.41, 5.74) is 11.6. The van der Waals surface area contributed by atoms with Gasteiger partial charge < -0.3 is 26.3 Å². The van der Waals surface area contributed by atoms with E-state index in [0.29, 0.717) is 11.3 Å². The number of rotatable bonds is 10. The lowest BCUT2D eigenvalue weighted by Crippen LogP contribution is -2.40. The lowest BCUT2D eigenvalue weighted by Gasteiger charge is -2.22. The van der Waals surface area contributed by atoms with Gasteiger partial charge in [-0.3, -0.25) is 9.59 Å². The van der Waals surface area contributed by atoms with Crippen molar-refractivity contribution in [2.75, 3.05) is 26.0 Å². The highest BCUT2D eigenvalue weighted by Crippen LogP contribution is 2.49. The van der Waals surface area contributed by atoms with E-state index >= 15 is 4.39 Å². The molecule has 0 radical (unpaired) electrons. The Kier molecular flexibility index (Phi) is 8.56. The quantitative estimate of drug-likeness (QED) is 0.0898. The first-order valence-electron chi connectivity index (χ1n) is 13.5. The lowest BCUT2D eigenvalue weighted by molar-refractivity contribution is -0.123. The minimum absolute atomic E-state index is 0.0403. The molecule has 1 fully saturated rings. The molecule has 2 atom stereocenters. The van der Waals surface area contributed by atoms with Gasteiger partial charge in [0.05, 0.1) is 17.3 Å².